The van der Waals surface area contributed by atoms with Gasteiger partial charge in [0.15, 0.2) is 0 Å². The first-order chi connectivity index (χ1) is 7.22. The van der Waals surface area contributed by atoms with Gasteiger partial charge in [0.05, 0.1) is 6.17 Å². The second kappa shape index (κ2) is 6.43. The van der Waals surface area contributed by atoms with Gasteiger partial charge in [0, 0.05) is 6.42 Å². The van der Waals surface area contributed by atoms with E-state index >= 15 is 0 Å². The van der Waals surface area contributed by atoms with Gasteiger partial charge < -0.3 is 16.2 Å². The van der Waals surface area contributed by atoms with Gasteiger partial charge in [0.2, 0.25) is 0 Å². The van der Waals surface area contributed by atoms with E-state index in [1.165, 1.54) is 6.42 Å². The Bertz CT molecular complexity index is 289. The lowest BCUT2D eigenvalue weighted by Crippen LogP contribution is -2.39. The van der Waals surface area contributed by atoms with Crippen LogP contribution in [0, 0.1) is 0 Å². The molecule has 4 N–H and O–H groups in total. The molecule has 0 heterocycles. The summed E-state index contributed by atoms with van der Waals surface area (Å²) in [5.74, 6) is 0.299. The first-order valence-electron chi connectivity index (χ1n) is 5.49. The maximum atomic E-state index is 9.28. The van der Waals surface area contributed by atoms with Crippen LogP contribution in [0.2, 0.25) is 0 Å². The summed E-state index contributed by atoms with van der Waals surface area (Å²) in [4.78, 5) is 0. The minimum absolute atomic E-state index is 0.0293. The van der Waals surface area contributed by atoms with E-state index in [0.29, 0.717) is 5.75 Å². The van der Waals surface area contributed by atoms with E-state index in [0.717, 1.165) is 24.9 Å². The summed E-state index contributed by atoms with van der Waals surface area (Å²) in [7, 11) is 0. The van der Waals surface area contributed by atoms with Crippen LogP contribution in [-0.4, -0.2) is 17.8 Å². The molecule has 0 aromatic heterocycles. The summed E-state index contributed by atoms with van der Waals surface area (Å²) in [5, 5.41) is 12.5. The molecular formula is C12H20N2O. The fourth-order valence-electron chi connectivity index (χ4n) is 1.47. The van der Waals surface area contributed by atoms with Gasteiger partial charge in [0.1, 0.15) is 5.75 Å². The number of rotatable bonds is 6. The molecule has 3 heteroatoms. The fourth-order valence-corrected chi connectivity index (χ4v) is 1.47. The van der Waals surface area contributed by atoms with Gasteiger partial charge in [-0.25, -0.2) is 0 Å². The smallest absolute Gasteiger partial charge is 0.115 e. The molecule has 0 aliphatic rings. The van der Waals surface area contributed by atoms with Crippen molar-refractivity contribution in [2.75, 3.05) is 6.54 Å². The van der Waals surface area contributed by atoms with Crippen LogP contribution in [0.15, 0.2) is 24.3 Å². The predicted molar refractivity (Wildman–Crippen MR) is 62.7 cm³/mol. The topological polar surface area (TPSA) is 58.3 Å². The van der Waals surface area contributed by atoms with E-state index < -0.39 is 0 Å². The van der Waals surface area contributed by atoms with Crippen LogP contribution in [0.4, 0.5) is 0 Å². The molecule has 1 aromatic rings. The molecule has 1 rings (SSSR count). The average Bonchev–Trinajstić information content (AvgIpc) is 2.18. The normalized spacial score (nSPS) is 12.7. The Labute approximate surface area is 91.3 Å². The highest BCUT2D eigenvalue weighted by molar-refractivity contribution is 5.27. The molecule has 0 fully saturated rings. The van der Waals surface area contributed by atoms with Gasteiger partial charge in [-0.05, 0) is 30.7 Å². The number of nitrogens with two attached hydrogens (primary N) is 1. The molecule has 0 radical (unpaired) electrons. The molecule has 0 aliphatic carbocycles. The summed E-state index contributed by atoms with van der Waals surface area (Å²) in [5.41, 5.74) is 6.97. The van der Waals surface area contributed by atoms with E-state index in [4.69, 9.17) is 5.73 Å². The van der Waals surface area contributed by atoms with Gasteiger partial charge in [-0.15, -0.1) is 0 Å². The zero-order valence-corrected chi connectivity index (χ0v) is 9.24. The van der Waals surface area contributed by atoms with Crippen molar-refractivity contribution in [3.8, 4) is 5.75 Å². The van der Waals surface area contributed by atoms with E-state index in [1.54, 1.807) is 12.1 Å². The SMILES string of the molecule is CCCCN[C@H](N)Cc1cccc(O)c1. The van der Waals surface area contributed by atoms with Crippen molar-refractivity contribution < 1.29 is 5.11 Å². The van der Waals surface area contributed by atoms with Gasteiger partial charge in [-0.2, -0.15) is 0 Å². The van der Waals surface area contributed by atoms with Crippen LogP contribution in [0.1, 0.15) is 25.3 Å². The number of nitrogens with one attached hydrogen (secondary N) is 1. The first-order valence-corrected chi connectivity index (χ1v) is 5.49. The zero-order valence-electron chi connectivity index (χ0n) is 9.24. The molecule has 1 aromatic carbocycles. The number of hydrogen-bond donors (Lipinski definition) is 3. The Hall–Kier alpha value is -1.06. The molecule has 15 heavy (non-hydrogen) atoms. The molecule has 3 nitrogen and oxygen atoms in total. The molecule has 1 atom stereocenters. The Kier molecular flexibility index (Phi) is 5.15. The van der Waals surface area contributed by atoms with Gasteiger partial charge in [-0.3, -0.25) is 0 Å². The molecule has 0 aliphatic heterocycles. The highest BCUT2D eigenvalue weighted by atomic mass is 16.3. The largest absolute Gasteiger partial charge is 0.508 e. The minimum atomic E-state index is -0.0293. The molecule has 0 amide bonds. The standard InChI is InChI=1S/C12H20N2O/c1-2-3-7-14-12(13)9-10-5-4-6-11(15)8-10/h4-6,8,12,14-15H,2-3,7,9,13H2,1H3/t12-/m0/s1. The molecule has 0 unspecified atom stereocenters. The van der Waals surface area contributed by atoms with Crippen molar-refractivity contribution in [3.63, 3.8) is 0 Å². The predicted octanol–water partition coefficient (Wildman–Crippen LogP) is 1.61. The quantitative estimate of drug-likeness (QED) is 0.491. The number of hydrogen-bond acceptors (Lipinski definition) is 3. The maximum Gasteiger partial charge on any atom is 0.115 e. The fraction of sp³-hybridized carbons (Fsp3) is 0.500. The van der Waals surface area contributed by atoms with Crippen molar-refractivity contribution in [3.05, 3.63) is 29.8 Å². The summed E-state index contributed by atoms with van der Waals surface area (Å²) < 4.78 is 0. The number of phenolic OH excluding ortho intramolecular Hbond substituents is 1. The molecule has 0 bridgehead atoms. The second-order valence-electron chi connectivity index (χ2n) is 3.79. The number of benzene rings is 1. The van der Waals surface area contributed by atoms with E-state index in [1.807, 2.05) is 12.1 Å². The maximum absolute atomic E-state index is 9.28. The van der Waals surface area contributed by atoms with Crippen LogP contribution in [-0.2, 0) is 6.42 Å². The summed E-state index contributed by atoms with van der Waals surface area (Å²) in [6.07, 6.45) is 3.04. The number of aromatic hydroxyl groups is 1. The monoisotopic (exact) mass is 208 g/mol. The van der Waals surface area contributed by atoms with Crippen molar-refractivity contribution >= 4 is 0 Å². The van der Waals surface area contributed by atoms with Gasteiger partial charge >= 0.3 is 0 Å². The molecule has 0 saturated heterocycles. The van der Waals surface area contributed by atoms with Crippen molar-refractivity contribution in [2.24, 2.45) is 5.73 Å². The Balaban J connectivity index is 2.34. The third-order valence-corrected chi connectivity index (χ3v) is 2.30. The van der Waals surface area contributed by atoms with Crippen molar-refractivity contribution in [1.82, 2.24) is 5.32 Å². The third kappa shape index (κ3) is 4.81. The van der Waals surface area contributed by atoms with Gasteiger partial charge in [-0.1, -0.05) is 25.5 Å². The summed E-state index contributed by atoms with van der Waals surface area (Å²) in [6.45, 7) is 3.11. The Morgan fingerprint density at radius 3 is 2.93 bits per heavy atom. The van der Waals surface area contributed by atoms with Crippen LogP contribution in [0.25, 0.3) is 0 Å². The van der Waals surface area contributed by atoms with Gasteiger partial charge in [0.25, 0.3) is 0 Å². The van der Waals surface area contributed by atoms with Crippen molar-refractivity contribution in [1.29, 1.82) is 0 Å². The second-order valence-corrected chi connectivity index (χ2v) is 3.79. The number of phenols is 1. The van der Waals surface area contributed by atoms with E-state index in [2.05, 4.69) is 12.2 Å². The van der Waals surface area contributed by atoms with Crippen LogP contribution >= 0.6 is 0 Å². The number of unbranched alkanes of at least 4 members (excludes halogenated alkanes) is 1. The summed E-state index contributed by atoms with van der Waals surface area (Å²) >= 11 is 0. The summed E-state index contributed by atoms with van der Waals surface area (Å²) in [6, 6.07) is 7.23. The van der Waals surface area contributed by atoms with E-state index in [9.17, 15) is 5.11 Å². The minimum Gasteiger partial charge on any atom is -0.508 e. The molecule has 0 saturated carbocycles. The zero-order chi connectivity index (χ0) is 11.1. The van der Waals surface area contributed by atoms with Crippen molar-refractivity contribution in [2.45, 2.75) is 32.4 Å². The Morgan fingerprint density at radius 2 is 2.27 bits per heavy atom. The lowest BCUT2D eigenvalue weighted by atomic mass is 10.1. The van der Waals surface area contributed by atoms with E-state index in [-0.39, 0.29) is 6.17 Å². The third-order valence-electron chi connectivity index (χ3n) is 2.30. The average molecular weight is 208 g/mol. The van der Waals surface area contributed by atoms with Crippen LogP contribution in [0.3, 0.4) is 0 Å². The molecule has 84 valence electrons. The van der Waals surface area contributed by atoms with Crippen LogP contribution < -0.4 is 11.1 Å². The first kappa shape index (κ1) is 12.0. The van der Waals surface area contributed by atoms with Crippen LogP contribution in [0.5, 0.6) is 5.75 Å². The highest BCUT2D eigenvalue weighted by Gasteiger charge is 2.02. The lowest BCUT2D eigenvalue weighted by Gasteiger charge is -2.13. The lowest BCUT2D eigenvalue weighted by molar-refractivity contribution is 0.472. The highest BCUT2D eigenvalue weighted by Crippen LogP contribution is 2.11. The molecular weight excluding hydrogens is 188 g/mol. The molecule has 0 spiro atoms. The Morgan fingerprint density at radius 1 is 1.47 bits per heavy atom.